The molecule has 2 saturated heterocycles. The first kappa shape index (κ1) is 25.7. The molecule has 2 aliphatic heterocycles. The summed E-state index contributed by atoms with van der Waals surface area (Å²) in [7, 11) is 0. The summed E-state index contributed by atoms with van der Waals surface area (Å²) >= 11 is 0. The van der Waals surface area contributed by atoms with Crippen LogP contribution in [0.15, 0.2) is 54.9 Å². The van der Waals surface area contributed by atoms with Gasteiger partial charge in [0, 0.05) is 37.1 Å². The number of benzene rings is 2. The molecule has 5 rings (SSSR count). The zero-order chi connectivity index (χ0) is 27.2. The summed E-state index contributed by atoms with van der Waals surface area (Å²) in [5, 5.41) is 5.40. The van der Waals surface area contributed by atoms with Gasteiger partial charge >= 0.3 is 6.36 Å². The van der Waals surface area contributed by atoms with Crippen molar-refractivity contribution in [2.24, 2.45) is 5.92 Å². The van der Waals surface area contributed by atoms with Crippen LogP contribution in [0.5, 0.6) is 5.75 Å². The highest BCUT2D eigenvalue weighted by Gasteiger charge is 2.36. The Morgan fingerprint density at radius 1 is 1.03 bits per heavy atom. The van der Waals surface area contributed by atoms with E-state index in [4.69, 9.17) is 5.10 Å². The van der Waals surface area contributed by atoms with Crippen molar-refractivity contribution < 1.29 is 31.9 Å². The van der Waals surface area contributed by atoms with Crippen molar-refractivity contribution in [1.29, 1.82) is 0 Å². The van der Waals surface area contributed by atoms with Gasteiger partial charge in [-0.15, -0.1) is 13.2 Å². The molecule has 200 valence electrons. The number of likely N-dealkylation sites (tertiary alicyclic amines) is 2. The number of alkyl halides is 3. The Labute approximate surface area is 216 Å². The highest BCUT2D eigenvalue weighted by atomic mass is 19.4. The normalized spacial score (nSPS) is 17.0. The monoisotopic (exact) mass is 530 g/mol. The molecule has 38 heavy (non-hydrogen) atoms. The van der Waals surface area contributed by atoms with Crippen LogP contribution in [-0.4, -0.2) is 63.9 Å². The number of carbonyl (C=O) groups excluding carboxylic acids is 2. The molecule has 0 saturated carbocycles. The maximum absolute atomic E-state index is 13.6. The van der Waals surface area contributed by atoms with Crippen molar-refractivity contribution in [2.45, 2.75) is 32.2 Å². The molecule has 0 spiro atoms. The van der Waals surface area contributed by atoms with Crippen LogP contribution in [0.4, 0.5) is 17.6 Å². The number of amides is 2. The SMILES string of the molecule is C=C(F)C(=O)N1CC(n2nc(-c3ccc(OC(F)(F)F)cc3)c3cccc(C(=O)N4CCC(C)CC4)c32)C1. The summed E-state index contributed by atoms with van der Waals surface area (Å²) in [5.41, 5.74) is 2.02. The van der Waals surface area contributed by atoms with Gasteiger partial charge in [0.05, 0.1) is 17.1 Å². The number of aromatic nitrogens is 2. The number of para-hydroxylation sites is 1. The molecule has 0 N–H and O–H groups in total. The summed E-state index contributed by atoms with van der Waals surface area (Å²) in [6.45, 7) is 6.86. The third-order valence-electron chi connectivity index (χ3n) is 7.12. The maximum Gasteiger partial charge on any atom is 0.573 e. The van der Waals surface area contributed by atoms with E-state index in [-0.39, 0.29) is 30.8 Å². The highest BCUT2D eigenvalue weighted by Crippen LogP contribution is 2.36. The minimum absolute atomic E-state index is 0.131. The van der Waals surface area contributed by atoms with E-state index in [1.807, 2.05) is 4.90 Å². The van der Waals surface area contributed by atoms with Gasteiger partial charge in [-0.3, -0.25) is 14.3 Å². The van der Waals surface area contributed by atoms with Gasteiger partial charge in [0.25, 0.3) is 11.8 Å². The van der Waals surface area contributed by atoms with Crippen molar-refractivity contribution in [2.75, 3.05) is 26.2 Å². The van der Waals surface area contributed by atoms with Crippen LogP contribution in [-0.2, 0) is 4.79 Å². The fourth-order valence-corrected chi connectivity index (χ4v) is 4.99. The van der Waals surface area contributed by atoms with E-state index < -0.39 is 18.1 Å². The first-order chi connectivity index (χ1) is 18.0. The number of hydrogen-bond acceptors (Lipinski definition) is 4. The molecule has 1 aromatic heterocycles. The fourth-order valence-electron chi connectivity index (χ4n) is 4.99. The molecule has 2 aromatic carbocycles. The van der Waals surface area contributed by atoms with Gasteiger partial charge in [0.15, 0.2) is 5.83 Å². The Kier molecular flexibility index (Phi) is 6.62. The molecule has 11 heteroatoms. The molecule has 2 amide bonds. The first-order valence-electron chi connectivity index (χ1n) is 12.3. The predicted octanol–water partition coefficient (Wildman–Crippen LogP) is 5.34. The van der Waals surface area contributed by atoms with E-state index in [1.165, 1.54) is 29.2 Å². The number of rotatable bonds is 5. The minimum atomic E-state index is -4.81. The van der Waals surface area contributed by atoms with E-state index in [0.29, 0.717) is 46.7 Å². The summed E-state index contributed by atoms with van der Waals surface area (Å²) in [6, 6.07) is 10.3. The number of nitrogens with zero attached hydrogens (tertiary/aromatic N) is 4. The Hall–Kier alpha value is -3.89. The van der Waals surface area contributed by atoms with Gasteiger partial charge in [-0.05, 0) is 49.1 Å². The number of piperidine rings is 1. The quantitative estimate of drug-likeness (QED) is 0.330. The third kappa shape index (κ3) is 4.97. The van der Waals surface area contributed by atoms with Gasteiger partial charge in [0.2, 0.25) is 0 Å². The smallest absolute Gasteiger partial charge is 0.406 e. The third-order valence-corrected chi connectivity index (χ3v) is 7.12. The summed E-state index contributed by atoms with van der Waals surface area (Å²) in [4.78, 5) is 28.7. The Morgan fingerprint density at radius 3 is 2.29 bits per heavy atom. The number of carbonyl (C=O) groups is 2. The number of halogens is 4. The van der Waals surface area contributed by atoms with Crippen LogP contribution in [0.2, 0.25) is 0 Å². The van der Waals surface area contributed by atoms with E-state index in [1.54, 1.807) is 22.9 Å². The highest BCUT2D eigenvalue weighted by molar-refractivity contribution is 6.09. The first-order valence-corrected chi connectivity index (χ1v) is 12.3. The van der Waals surface area contributed by atoms with Gasteiger partial charge < -0.3 is 14.5 Å². The van der Waals surface area contributed by atoms with Crippen LogP contribution in [0.1, 0.15) is 36.2 Å². The average molecular weight is 531 g/mol. The second kappa shape index (κ2) is 9.77. The second-order valence-corrected chi connectivity index (χ2v) is 9.81. The molecule has 0 atom stereocenters. The zero-order valence-corrected chi connectivity index (χ0v) is 20.7. The van der Waals surface area contributed by atoms with Gasteiger partial charge in [0.1, 0.15) is 11.4 Å². The van der Waals surface area contributed by atoms with Crippen molar-refractivity contribution in [3.05, 3.63) is 60.4 Å². The molecule has 2 aliphatic rings. The number of ether oxygens (including phenoxy) is 1. The maximum atomic E-state index is 13.6. The second-order valence-electron chi connectivity index (χ2n) is 9.81. The van der Waals surface area contributed by atoms with Crippen LogP contribution in [0, 0.1) is 5.92 Å². The Balaban J connectivity index is 1.55. The lowest BCUT2D eigenvalue weighted by Crippen LogP contribution is -2.51. The number of fused-ring (bicyclic) bond motifs is 1. The topological polar surface area (TPSA) is 67.7 Å². The molecule has 3 aromatic rings. The average Bonchev–Trinajstić information content (AvgIpc) is 3.22. The van der Waals surface area contributed by atoms with Crippen LogP contribution in [0.25, 0.3) is 22.2 Å². The van der Waals surface area contributed by atoms with Gasteiger partial charge in [-0.25, -0.2) is 4.39 Å². The lowest BCUT2D eigenvalue weighted by Gasteiger charge is -2.39. The van der Waals surface area contributed by atoms with Crippen molar-refractivity contribution in [1.82, 2.24) is 19.6 Å². The van der Waals surface area contributed by atoms with E-state index in [9.17, 15) is 27.2 Å². The number of hydrogen-bond donors (Lipinski definition) is 0. The van der Waals surface area contributed by atoms with Crippen LogP contribution < -0.4 is 4.74 Å². The standard InChI is InChI=1S/C27H26F4N4O3/c1-16-10-12-33(13-11-16)26(37)22-5-3-4-21-23(18-6-8-20(9-7-18)38-27(29,30)31)32-35(24(21)22)19-14-34(15-19)25(36)17(2)28/h3-9,16,19H,2,10-15H2,1H3. The molecular weight excluding hydrogens is 504 g/mol. The molecule has 0 bridgehead atoms. The van der Waals surface area contributed by atoms with Crippen LogP contribution in [0.3, 0.4) is 0 Å². The molecule has 7 nitrogen and oxygen atoms in total. The lowest BCUT2D eigenvalue weighted by molar-refractivity contribution is -0.274. The molecule has 0 aliphatic carbocycles. The fraction of sp³-hybridized carbons (Fsp3) is 0.370. The molecule has 2 fully saturated rings. The summed E-state index contributed by atoms with van der Waals surface area (Å²) in [5.74, 6) is -1.80. The Morgan fingerprint density at radius 2 is 1.68 bits per heavy atom. The summed E-state index contributed by atoms with van der Waals surface area (Å²) < 4.78 is 56.9. The van der Waals surface area contributed by atoms with Crippen molar-refractivity contribution in [3.63, 3.8) is 0 Å². The van der Waals surface area contributed by atoms with Crippen molar-refractivity contribution in [3.8, 4) is 17.0 Å². The van der Waals surface area contributed by atoms with Gasteiger partial charge in [-0.1, -0.05) is 25.6 Å². The molecule has 0 radical (unpaired) electrons. The van der Waals surface area contributed by atoms with Crippen LogP contribution >= 0.6 is 0 Å². The zero-order valence-electron chi connectivity index (χ0n) is 20.7. The molecule has 0 unspecified atom stereocenters. The molecule has 3 heterocycles. The summed E-state index contributed by atoms with van der Waals surface area (Å²) in [6.07, 6.45) is -2.99. The predicted molar refractivity (Wildman–Crippen MR) is 132 cm³/mol. The lowest BCUT2D eigenvalue weighted by atomic mass is 9.98. The molecular formula is C27H26F4N4O3. The van der Waals surface area contributed by atoms with E-state index in [0.717, 1.165) is 12.8 Å². The Bertz CT molecular complexity index is 1390. The van der Waals surface area contributed by atoms with E-state index in [2.05, 4.69) is 18.2 Å². The largest absolute Gasteiger partial charge is 0.573 e. The van der Waals surface area contributed by atoms with Gasteiger partial charge in [-0.2, -0.15) is 5.10 Å². The van der Waals surface area contributed by atoms with Crippen molar-refractivity contribution >= 4 is 22.7 Å². The van der Waals surface area contributed by atoms with E-state index >= 15 is 0 Å². The minimum Gasteiger partial charge on any atom is -0.406 e.